The second-order valence-electron chi connectivity index (χ2n) is 4.09. The highest BCUT2D eigenvalue weighted by molar-refractivity contribution is 9.10. The van der Waals surface area contributed by atoms with Crippen molar-refractivity contribution in [2.24, 2.45) is 0 Å². The summed E-state index contributed by atoms with van der Waals surface area (Å²) in [6, 6.07) is 6.08. The van der Waals surface area contributed by atoms with Gasteiger partial charge in [-0.3, -0.25) is 0 Å². The molecule has 1 aliphatic rings. The lowest BCUT2D eigenvalue weighted by atomic mass is 10.1. The SMILES string of the molecule is O=S(=O)(c1ccc(Br)cc1)C1(F)CCNCC1. The molecule has 0 radical (unpaired) electrons. The summed E-state index contributed by atoms with van der Waals surface area (Å²) < 4.78 is 39.7. The van der Waals surface area contributed by atoms with Crippen molar-refractivity contribution in [1.29, 1.82) is 0 Å². The molecule has 6 heteroatoms. The molecule has 1 saturated heterocycles. The first-order valence-corrected chi connectivity index (χ1v) is 7.63. The molecular weight excluding hydrogens is 309 g/mol. The van der Waals surface area contributed by atoms with Crippen LogP contribution in [0.2, 0.25) is 0 Å². The van der Waals surface area contributed by atoms with Gasteiger partial charge >= 0.3 is 0 Å². The highest BCUT2D eigenvalue weighted by Gasteiger charge is 2.45. The molecule has 0 bridgehead atoms. The third-order valence-corrected chi connectivity index (χ3v) is 5.75. The molecule has 2 rings (SSSR count). The van der Waals surface area contributed by atoms with Crippen LogP contribution in [0.5, 0.6) is 0 Å². The van der Waals surface area contributed by atoms with Crippen molar-refractivity contribution in [1.82, 2.24) is 5.32 Å². The van der Waals surface area contributed by atoms with Gasteiger partial charge in [0.15, 0.2) is 0 Å². The maximum atomic E-state index is 14.5. The highest BCUT2D eigenvalue weighted by atomic mass is 79.9. The quantitative estimate of drug-likeness (QED) is 0.909. The number of hydrogen-bond acceptors (Lipinski definition) is 3. The van der Waals surface area contributed by atoms with Gasteiger partial charge in [-0.05, 0) is 37.4 Å². The average molecular weight is 322 g/mol. The van der Waals surface area contributed by atoms with E-state index >= 15 is 0 Å². The fourth-order valence-corrected chi connectivity index (χ4v) is 3.82. The van der Waals surface area contributed by atoms with E-state index in [0.29, 0.717) is 13.1 Å². The lowest BCUT2D eigenvalue weighted by Crippen LogP contribution is -2.44. The van der Waals surface area contributed by atoms with Crippen molar-refractivity contribution < 1.29 is 12.8 Å². The minimum atomic E-state index is -3.91. The van der Waals surface area contributed by atoms with E-state index in [4.69, 9.17) is 0 Å². The van der Waals surface area contributed by atoms with E-state index < -0.39 is 14.8 Å². The fourth-order valence-electron chi connectivity index (χ4n) is 1.89. The first-order valence-electron chi connectivity index (χ1n) is 5.36. The zero-order chi connectivity index (χ0) is 12.5. The van der Waals surface area contributed by atoms with Crippen LogP contribution in [0.25, 0.3) is 0 Å². The van der Waals surface area contributed by atoms with Gasteiger partial charge in [-0.2, -0.15) is 0 Å². The summed E-state index contributed by atoms with van der Waals surface area (Å²) in [5, 5.41) is 0.828. The molecule has 17 heavy (non-hydrogen) atoms. The first-order chi connectivity index (χ1) is 7.96. The van der Waals surface area contributed by atoms with Crippen molar-refractivity contribution in [2.45, 2.75) is 22.7 Å². The predicted octanol–water partition coefficient (Wildman–Crippen LogP) is 2.27. The van der Waals surface area contributed by atoms with Gasteiger partial charge in [-0.15, -0.1) is 0 Å². The summed E-state index contributed by atoms with van der Waals surface area (Å²) in [4.78, 5) is 0.0464. The number of nitrogens with one attached hydrogen (secondary N) is 1. The standard InChI is InChI=1S/C11H13BrFNO2S/c12-9-1-3-10(4-2-9)17(15,16)11(13)5-7-14-8-6-11/h1-4,14H,5-8H2. The van der Waals surface area contributed by atoms with Gasteiger partial charge in [0, 0.05) is 17.3 Å². The third kappa shape index (κ3) is 2.39. The Morgan fingerprint density at radius 3 is 2.24 bits per heavy atom. The van der Waals surface area contributed by atoms with Crippen molar-refractivity contribution in [3.8, 4) is 0 Å². The number of benzene rings is 1. The number of halogens is 2. The maximum Gasteiger partial charge on any atom is 0.217 e. The van der Waals surface area contributed by atoms with E-state index in [0.717, 1.165) is 4.47 Å². The van der Waals surface area contributed by atoms with E-state index in [1.807, 2.05) is 0 Å². The number of rotatable bonds is 2. The molecule has 0 aromatic heterocycles. The Hall–Kier alpha value is -0.460. The van der Waals surface area contributed by atoms with Crippen LogP contribution >= 0.6 is 15.9 Å². The molecule has 0 atom stereocenters. The Kier molecular flexibility index (Phi) is 3.56. The summed E-state index contributed by atoms with van der Waals surface area (Å²) in [5.74, 6) is 0. The molecule has 1 heterocycles. The molecule has 0 amide bonds. The van der Waals surface area contributed by atoms with E-state index in [1.54, 1.807) is 12.1 Å². The van der Waals surface area contributed by atoms with E-state index in [9.17, 15) is 12.8 Å². The van der Waals surface area contributed by atoms with E-state index in [1.165, 1.54) is 12.1 Å². The second-order valence-corrected chi connectivity index (χ2v) is 7.22. The third-order valence-electron chi connectivity index (χ3n) is 2.96. The topological polar surface area (TPSA) is 46.2 Å². The second kappa shape index (κ2) is 4.66. The van der Waals surface area contributed by atoms with Gasteiger partial charge in [0.2, 0.25) is 14.8 Å². The monoisotopic (exact) mass is 321 g/mol. The molecule has 94 valence electrons. The minimum absolute atomic E-state index is 0.00535. The van der Waals surface area contributed by atoms with E-state index in [2.05, 4.69) is 21.2 Å². The summed E-state index contributed by atoms with van der Waals surface area (Å²) in [5.41, 5.74) is 0. The summed E-state index contributed by atoms with van der Waals surface area (Å²) in [7, 11) is -3.91. The normalized spacial score (nSPS) is 20.1. The summed E-state index contributed by atoms with van der Waals surface area (Å²) in [6.07, 6.45) is 0.0107. The molecule has 1 fully saturated rings. The zero-order valence-corrected chi connectivity index (χ0v) is 11.5. The van der Waals surface area contributed by atoms with Crippen LogP contribution < -0.4 is 5.32 Å². The molecular formula is C11H13BrFNO2S. The minimum Gasteiger partial charge on any atom is -0.316 e. The first kappa shape index (κ1) is 13.0. The van der Waals surface area contributed by atoms with Crippen LogP contribution in [0.1, 0.15) is 12.8 Å². The van der Waals surface area contributed by atoms with Gasteiger partial charge < -0.3 is 5.32 Å². The van der Waals surface area contributed by atoms with Crippen LogP contribution in [0.4, 0.5) is 4.39 Å². The largest absolute Gasteiger partial charge is 0.316 e. The maximum absolute atomic E-state index is 14.5. The number of hydrogen-bond donors (Lipinski definition) is 1. The predicted molar refractivity (Wildman–Crippen MR) is 67.3 cm³/mol. The molecule has 0 aliphatic carbocycles. The molecule has 1 aromatic rings. The molecule has 0 spiro atoms. The van der Waals surface area contributed by atoms with Crippen LogP contribution in [-0.4, -0.2) is 26.5 Å². The lowest BCUT2D eigenvalue weighted by Gasteiger charge is -2.29. The average Bonchev–Trinajstić information content (AvgIpc) is 2.30. The van der Waals surface area contributed by atoms with Crippen LogP contribution in [0, 0.1) is 0 Å². The molecule has 1 aromatic carbocycles. The van der Waals surface area contributed by atoms with Gasteiger partial charge in [0.05, 0.1) is 4.90 Å². The zero-order valence-electron chi connectivity index (χ0n) is 9.12. The van der Waals surface area contributed by atoms with Crippen molar-refractivity contribution >= 4 is 25.8 Å². The van der Waals surface area contributed by atoms with Crippen LogP contribution in [0.3, 0.4) is 0 Å². The molecule has 0 unspecified atom stereocenters. The van der Waals surface area contributed by atoms with Crippen molar-refractivity contribution in [3.05, 3.63) is 28.7 Å². The summed E-state index contributed by atoms with van der Waals surface area (Å²) >= 11 is 3.22. The number of sulfone groups is 1. The van der Waals surface area contributed by atoms with Gasteiger partial charge in [0.25, 0.3) is 0 Å². The van der Waals surface area contributed by atoms with Crippen LogP contribution in [-0.2, 0) is 9.84 Å². The van der Waals surface area contributed by atoms with Gasteiger partial charge in [0.1, 0.15) is 0 Å². The lowest BCUT2D eigenvalue weighted by molar-refractivity contribution is 0.206. The summed E-state index contributed by atoms with van der Waals surface area (Å²) in [6.45, 7) is 0.790. The van der Waals surface area contributed by atoms with Crippen molar-refractivity contribution in [3.63, 3.8) is 0 Å². The van der Waals surface area contributed by atoms with Crippen molar-refractivity contribution in [2.75, 3.05) is 13.1 Å². The Balaban J connectivity index is 2.38. The molecule has 0 saturated carbocycles. The fraction of sp³-hybridized carbons (Fsp3) is 0.455. The van der Waals surface area contributed by atoms with Crippen LogP contribution in [0.15, 0.2) is 33.6 Å². The Labute approximate surface area is 108 Å². The Morgan fingerprint density at radius 1 is 1.18 bits per heavy atom. The van der Waals surface area contributed by atoms with Gasteiger partial charge in [-0.25, -0.2) is 12.8 Å². The molecule has 1 aliphatic heterocycles. The van der Waals surface area contributed by atoms with Gasteiger partial charge in [-0.1, -0.05) is 15.9 Å². The number of piperidine rings is 1. The molecule has 3 nitrogen and oxygen atoms in total. The Bertz CT molecular complexity index is 495. The van der Waals surface area contributed by atoms with E-state index in [-0.39, 0.29) is 17.7 Å². The Morgan fingerprint density at radius 2 is 1.71 bits per heavy atom. The number of alkyl halides is 1. The highest BCUT2D eigenvalue weighted by Crippen LogP contribution is 2.35. The molecule has 1 N–H and O–H groups in total. The smallest absolute Gasteiger partial charge is 0.217 e.